The van der Waals surface area contributed by atoms with Crippen molar-refractivity contribution in [2.75, 3.05) is 0 Å². The van der Waals surface area contributed by atoms with E-state index in [2.05, 4.69) is 13.8 Å². The summed E-state index contributed by atoms with van der Waals surface area (Å²) in [6.45, 7) is 4.18. The summed E-state index contributed by atoms with van der Waals surface area (Å²) in [5.74, 6) is -1.08. The highest BCUT2D eigenvalue weighted by molar-refractivity contribution is 5.26. The average Bonchev–Trinajstić information content (AvgIpc) is 2.19. The number of halogens is 2. The zero-order chi connectivity index (χ0) is 13.3. The molecule has 0 heterocycles. The molecule has 0 saturated carbocycles. The number of aliphatic hydroxyl groups is 1. The summed E-state index contributed by atoms with van der Waals surface area (Å²) < 4.78 is 26.4. The van der Waals surface area contributed by atoms with Gasteiger partial charge in [-0.3, -0.25) is 0 Å². The SMILES string of the molecule is CC1(C)CC(Cc2ccc(F)cc2F)=CC(O)C1. The number of hydrogen-bond acceptors (Lipinski definition) is 1. The Morgan fingerprint density at radius 2 is 2.06 bits per heavy atom. The van der Waals surface area contributed by atoms with Crippen molar-refractivity contribution in [1.82, 2.24) is 0 Å². The fourth-order valence-electron chi connectivity index (χ4n) is 2.67. The van der Waals surface area contributed by atoms with Gasteiger partial charge < -0.3 is 5.11 Å². The maximum atomic E-state index is 13.6. The van der Waals surface area contributed by atoms with Gasteiger partial charge in [-0.15, -0.1) is 0 Å². The van der Waals surface area contributed by atoms with E-state index in [1.807, 2.05) is 0 Å². The van der Waals surface area contributed by atoms with Crippen molar-refractivity contribution in [2.24, 2.45) is 5.41 Å². The van der Waals surface area contributed by atoms with Crippen LogP contribution in [0.25, 0.3) is 0 Å². The number of hydrogen-bond donors (Lipinski definition) is 1. The van der Waals surface area contributed by atoms with Gasteiger partial charge in [0.05, 0.1) is 6.10 Å². The lowest BCUT2D eigenvalue weighted by Gasteiger charge is -2.32. The third-order valence-corrected chi connectivity index (χ3v) is 3.33. The molecule has 0 bridgehead atoms. The van der Waals surface area contributed by atoms with E-state index in [0.717, 1.165) is 24.5 Å². The minimum Gasteiger partial charge on any atom is -0.389 e. The van der Waals surface area contributed by atoms with Crippen LogP contribution in [0, 0.1) is 17.0 Å². The summed E-state index contributed by atoms with van der Waals surface area (Å²) in [4.78, 5) is 0. The van der Waals surface area contributed by atoms with Gasteiger partial charge >= 0.3 is 0 Å². The molecule has 1 aliphatic rings. The first-order valence-corrected chi connectivity index (χ1v) is 6.17. The van der Waals surface area contributed by atoms with E-state index in [1.165, 1.54) is 12.1 Å². The molecule has 0 aliphatic heterocycles. The Hall–Kier alpha value is -1.22. The highest BCUT2D eigenvalue weighted by Gasteiger charge is 2.27. The van der Waals surface area contributed by atoms with Gasteiger partial charge in [0.15, 0.2) is 0 Å². The van der Waals surface area contributed by atoms with Crippen molar-refractivity contribution in [3.63, 3.8) is 0 Å². The lowest BCUT2D eigenvalue weighted by Crippen LogP contribution is -2.25. The Bertz CT molecular complexity index is 477. The van der Waals surface area contributed by atoms with Crippen LogP contribution in [0.1, 0.15) is 32.3 Å². The van der Waals surface area contributed by atoms with Crippen LogP contribution in [0.5, 0.6) is 0 Å². The summed E-state index contributed by atoms with van der Waals surface area (Å²) >= 11 is 0. The molecule has 98 valence electrons. The standard InChI is InChI=1S/C15H18F2O/c1-15(2)8-10(6-13(18)9-15)5-11-3-4-12(16)7-14(11)17/h3-4,6-7,13,18H,5,8-9H2,1-2H3. The molecule has 3 heteroatoms. The smallest absolute Gasteiger partial charge is 0.129 e. The number of benzene rings is 1. The highest BCUT2D eigenvalue weighted by Crippen LogP contribution is 2.36. The molecule has 1 unspecified atom stereocenters. The molecule has 1 aromatic rings. The Morgan fingerprint density at radius 1 is 1.33 bits per heavy atom. The molecule has 1 aliphatic carbocycles. The molecule has 0 aromatic heterocycles. The monoisotopic (exact) mass is 252 g/mol. The fourth-order valence-corrected chi connectivity index (χ4v) is 2.67. The summed E-state index contributed by atoms with van der Waals surface area (Å²) in [5.41, 5.74) is 1.52. The molecule has 1 atom stereocenters. The first kappa shape index (κ1) is 13.2. The van der Waals surface area contributed by atoms with Crippen LogP contribution < -0.4 is 0 Å². The predicted octanol–water partition coefficient (Wildman–Crippen LogP) is 3.61. The molecule has 0 radical (unpaired) electrons. The predicted molar refractivity (Wildman–Crippen MR) is 67.2 cm³/mol. The maximum absolute atomic E-state index is 13.6. The van der Waals surface area contributed by atoms with E-state index in [4.69, 9.17) is 0 Å². The average molecular weight is 252 g/mol. The fraction of sp³-hybridized carbons (Fsp3) is 0.467. The van der Waals surface area contributed by atoms with E-state index in [-0.39, 0.29) is 5.41 Å². The van der Waals surface area contributed by atoms with Crippen molar-refractivity contribution in [2.45, 2.75) is 39.2 Å². The third kappa shape index (κ3) is 3.16. The van der Waals surface area contributed by atoms with Crippen molar-refractivity contribution in [3.05, 3.63) is 47.0 Å². The van der Waals surface area contributed by atoms with E-state index in [9.17, 15) is 13.9 Å². The Kier molecular flexibility index (Phi) is 3.53. The van der Waals surface area contributed by atoms with E-state index >= 15 is 0 Å². The first-order valence-electron chi connectivity index (χ1n) is 6.17. The zero-order valence-electron chi connectivity index (χ0n) is 10.7. The van der Waals surface area contributed by atoms with Gasteiger partial charge in [0, 0.05) is 6.07 Å². The Labute approximate surface area is 106 Å². The van der Waals surface area contributed by atoms with Gasteiger partial charge in [-0.05, 0) is 36.3 Å². The summed E-state index contributed by atoms with van der Waals surface area (Å²) in [5, 5.41) is 9.78. The minimum atomic E-state index is -0.561. The van der Waals surface area contributed by atoms with Crippen molar-refractivity contribution >= 4 is 0 Å². The van der Waals surface area contributed by atoms with Crippen LogP contribution in [-0.2, 0) is 6.42 Å². The molecule has 1 N–H and O–H groups in total. The second-order valence-corrected chi connectivity index (χ2v) is 5.85. The molecule has 0 amide bonds. The van der Waals surface area contributed by atoms with Gasteiger partial charge in [-0.25, -0.2) is 8.78 Å². The topological polar surface area (TPSA) is 20.2 Å². The molecule has 18 heavy (non-hydrogen) atoms. The lowest BCUT2D eigenvalue weighted by atomic mass is 9.75. The van der Waals surface area contributed by atoms with Crippen LogP contribution in [0.4, 0.5) is 8.78 Å². The van der Waals surface area contributed by atoms with Crippen LogP contribution in [-0.4, -0.2) is 11.2 Å². The zero-order valence-corrected chi connectivity index (χ0v) is 10.7. The summed E-state index contributed by atoms with van der Waals surface area (Å²) in [6.07, 6.45) is 3.33. The van der Waals surface area contributed by atoms with Crippen LogP contribution in [0.2, 0.25) is 0 Å². The van der Waals surface area contributed by atoms with Gasteiger partial charge in [-0.1, -0.05) is 31.6 Å². The Balaban J connectivity index is 2.18. The van der Waals surface area contributed by atoms with Crippen LogP contribution >= 0.6 is 0 Å². The molecule has 1 aromatic carbocycles. The minimum absolute atomic E-state index is 0.0278. The molecule has 0 saturated heterocycles. The first-order chi connectivity index (χ1) is 8.35. The lowest BCUT2D eigenvalue weighted by molar-refractivity contribution is 0.138. The van der Waals surface area contributed by atoms with Crippen molar-refractivity contribution < 1.29 is 13.9 Å². The summed E-state index contributed by atoms with van der Waals surface area (Å²) in [7, 11) is 0. The van der Waals surface area contributed by atoms with Gasteiger partial charge in [0.25, 0.3) is 0 Å². The highest BCUT2D eigenvalue weighted by atomic mass is 19.1. The third-order valence-electron chi connectivity index (χ3n) is 3.33. The molecular formula is C15H18F2O. The second kappa shape index (κ2) is 4.81. The number of allylic oxidation sites excluding steroid dienone is 1. The maximum Gasteiger partial charge on any atom is 0.129 e. The number of aliphatic hydroxyl groups excluding tert-OH is 1. The second-order valence-electron chi connectivity index (χ2n) is 5.85. The molecule has 0 fully saturated rings. The van der Waals surface area contributed by atoms with Gasteiger partial charge in [0.2, 0.25) is 0 Å². The molecular weight excluding hydrogens is 234 g/mol. The van der Waals surface area contributed by atoms with Crippen molar-refractivity contribution in [3.8, 4) is 0 Å². The van der Waals surface area contributed by atoms with Crippen molar-refractivity contribution in [1.29, 1.82) is 0 Å². The molecule has 0 spiro atoms. The number of rotatable bonds is 2. The molecule has 1 nitrogen and oxygen atoms in total. The van der Waals surface area contributed by atoms with Gasteiger partial charge in [-0.2, -0.15) is 0 Å². The summed E-state index contributed by atoms with van der Waals surface area (Å²) in [6, 6.07) is 3.64. The van der Waals surface area contributed by atoms with E-state index < -0.39 is 17.7 Å². The molecule has 2 rings (SSSR count). The van der Waals surface area contributed by atoms with Crippen LogP contribution in [0.15, 0.2) is 29.8 Å². The largest absolute Gasteiger partial charge is 0.389 e. The Morgan fingerprint density at radius 3 is 2.67 bits per heavy atom. The van der Waals surface area contributed by atoms with Gasteiger partial charge in [0.1, 0.15) is 11.6 Å². The van der Waals surface area contributed by atoms with Crippen LogP contribution in [0.3, 0.4) is 0 Å². The van der Waals surface area contributed by atoms with E-state index in [1.54, 1.807) is 6.08 Å². The normalized spacial score (nSPS) is 22.7. The quantitative estimate of drug-likeness (QED) is 0.797. The van der Waals surface area contributed by atoms with E-state index in [0.29, 0.717) is 12.0 Å².